The molecular formula is C11H14FNO3. The van der Waals surface area contributed by atoms with Crippen LogP contribution < -0.4 is 5.32 Å². The molecule has 88 valence electrons. The van der Waals surface area contributed by atoms with Crippen LogP contribution in [-0.2, 0) is 20.7 Å². The van der Waals surface area contributed by atoms with Crippen LogP contribution in [0.15, 0.2) is 18.2 Å². The van der Waals surface area contributed by atoms with Crippen LogP contribution in [0.4, 0.5) is 10.1 Å². The molecule has 5 heteroatoms. The Morgan fingerprint density at radius 2 is 2.12 bits per heavy atom. The first-order chi connectivity index (χ1) is 7.71. The van der Waals surface area contributed by atoms with E-state index in [4.69, 9.17) is 9.47 Å². The lowest BCUT2D eigenvalue weighted by Gasteiger charge is -2.14. The second-order valence-electron chi connectivity index (χ2n) is 3.17. The van der Waals surface area contributed by atoms with Gasteiger partial charge in [0.25, 0.3) is 0 Å². The van der Waals surface area contributed by atoms with E-state index in [0.717, 1.165) is 0 Å². The van der Waals surface area contributed by atoms with E-state index < -0.39 is 6.29 Å². The molecular weight excluding hydrogens is 213 g/mol. The second-order valence-corrected chi connectivity index (χ2v) is 3.17. The second kappa shape index (κ2) is 6.19. The molecule has 0 bridgehead atoms. The molecule has 1 N–H and O–H groups in total. The normalized spacial score (nSPS) is 10.5. The van der Waals surface area contributed by atoms with Gasteiger partial charge in [0.05, 0.1) is 0 Å². The average molecular weight is 227 g/mol. The van der Waals surface area contributed by atoms with Crippen LogP contribution >= 0.6 is 0 Å². The fourth-order valence-electron chi connectivity index (χ4n) is 1.33. The lowest BCUT2D eigenvalue weighted by atomic mass is 10.1. The summed E-state index contributed by atoms with van der Waals surface area (Å²) >= 11 is 0. The number of hydrogen-bond donors (Lipinski definition) is 1. The first-order valence-corrected chi connectivity index (χ1v) is 4.75. The van der Waals surface area contributed by atoms with E-state index in [1.807, 2.05) is 0 Å². The van der Waals surface area contributed by atoms with E-state index in [9.17, 15) is 9.18 Å². The Hall–Kier alpha value is -1.46. The van der Waals surface area contributed by atoms with Crippen molar-refractivity contribution in [3.05, 3.63) is 29.6 Å². The molecule has 0 heterocycles. The van der Waals surface area contributed by atoms with Crippen LogP contribution in [0.3, 0.4) is 0 Å². The van der Waals surface area contributed by atoms with Gasteiger partial charge in [0, 0.05) is 26.3 Å². The number of methoxy groups -OCH3 is 2. The van der Waals surface area contributed by atoms with Crippen molar-refractivity contribution in [3.63, 3.8) is 0 Å². The molecule has 0 spiro atoms. The third kappa shape index (κ3) is 3.29. The Labute approximate surface area is 93.4 Å². The molecule has 0 radical (unpaired) electrons. The smallest absolute Gasteiger partial charge is 0.211 e. The van der Waals surface area contributed by atoms with E-state index in [1.165, 1.54) is 26.4 Å². The lowest BCUT2D eigenvalue weighted by Crippen LogP contribution is -2.17. The third-order valence-corrected chi connectivity index (χ3v) is 2.18. The molecule has 0 fully saturated rings. The zero-order valence-corrected chi connectivity index (χ0v) is 9.20. The Morgan fingerprint density at radius 1 is 1.44 bits per heavy atom. The van der Waals surface area contributed by atoms with Gasteiger partial charge in [0.2, 0.25) is 6.41 Å². The van der Waals surface area contributed by atoms with Crippen molar-refractivity contribution >= 4 is 12.1 Å². The fraction of sp³-hybridized carbons (Fsp3) is 0.364. The van der Waals surface area contributed by atoms with Crippen molar-refractivity contribution in [2.45, 2.75) is 12.7 Å². The molecule has 1 aromatic carbocycles. The molecule has 0 saturated heterocycles. The van der Waals surface area contributed by atoms with Gasteiger partial charge in [0.15, 0.2) is 6.29 Å². The molecule has 1 amide bonds. The first-order valence-electron chi connectivity index (χ1n) is 4.75. The van der Waals surface area contributed by atoms with Gasteiger partial charge in [-0.3, -0.25) is 4.79 Å². The maximum atomic E-state index is 13.4. The SMILES string of the molecule is COC(Cc1cc(NC=O)ccc1F)OC. The molecule has 4 nitrogen and oxygen atoms in total. The van der Waals surface area contributed by atoms with Gasteiger partial charge in [-0.25, -0.2) is 4.39 Å². The summed E-state index contributed by atoms with van der Waals surface area (Å²) in [5.74, 6) is -0.351. The molecule has 1 rings (SSSR count). The molecule has 0 aliphatic heterocycles. The Kier molecular flexibility index (Phi) is 4.88. The summed E-state index contributed by atoms with van der Waals surface area (Å²) in [5, 5.41) is 2.46. The molecule has 16 heavy (non-hydrogen) atoms. The zero-order chi connectivity index (χ0) is 12.0. The maximum Gasteiger partial charge on any atom is 0.211 e. The number of hydrogen-bond acceptors (Lipinski definition) is 3. The number of ether oxygens (including phenoxy) is 2. The van der Waals surface area contributed by atoms with Gasteiger partial charge in [-0.15, -0.1) is 0 Å². The predicted octanol–water partition coefficient (Wildman–Crippen LogP) is 1.56. The summed E-state index contributed by atoms with van der Waals surface area (Å²) in [6.45, 7) is 0. The van der Waals surface area contributed by atoms with Crippen LogP contribution in [-0.4, -0.2) is 26.9 Å². The van der Waals surface area contributed by atoms with Gasteiger partial charge in [-0.05, 0) is 23.8 Å². The quantitative estimate of drug-likeness (QED) is 0.592. The monoisotopic (exact) mass is 227 g/mol. The van der Waals surface area contributed by atoms with Gasteiger partial charge < -0.3 is 14.8 Å². The summed E-state index contributed by atoms with van der Waals surface area (Å²) in [6.07, 6.45) is 0.329. The van der Waals surface area contributed by atoms with Crippen LogP contribution in [0.25, 0.3) is 0 Å². The Balaban J connectivity index is 2.84. The third-order valence-electron chi connectivity index (χ3n) is 2.18. The number of benzene rings is 1. The standard InChI is InChI=1S/C11H14FNO3/c1-15-11(16-2)6-8-5-9(13-7-14)3-4-10(8)12/h3-5,7,11H,6H2,1-2H3,(H,13,14). The van der Waals surface area contributed by atoms with Crippen molar-refractivity contribution in [3.8, 4) is 0 Å². The minimum absolute atomic E-state index is 0.285. The highest BCUT2D eigenvalue weighted by molar-refractivity contribution is 5.71. The molecule has 0 atom stereocenters. The van der Waals surface area contributed by atoms with Crippen LogP contribution in [0.2, 0.25) is 0 Å². The number of anilines is 1. The van der Waals surface area contributed by atoms with Crippen molar-refractivity contribution in [2.24, 2.45) is 0 Å². The number of rotatable bonds is 6. The minimum atomic E-state index is -0.499. The summed E-state index contributed by atoms with van der Waals surface area (Å²) in [6, 6.07) is 4.33. The van der Waals surface area contributed by atoms with Crippen LogP contribution in [0, 0.1) is 5.82 Å². The van der Waals surface area contributed by atoms with Crippen LogP contribution in [0.1, 0.15) is 5.56 Å². The van der Waals surface area contributed by atoms with Crippen molar-refractivity contribution in [2.75, 3.05) is 19.5 Å². The van der Waals surface area contributed by atoms with Crippen LogP contribution in [0.5, 0.6) is 0 Å². The summed E-state index contributed by atoms with van der Waals surface area (Å²) in [4.78, 5) is 10.3. The largest absolute Gasteiger partial charge is 0.356 e. The molecule has 0 saturated carbocycles. The van der Waals surface area contributed by atoms with Gasteiger partial charge in [-0.1, -0.05) is 0 Å². The maximum absolute atomic E-state index is 13.4. The highest BCUT2D eigenvalue weighted by Crippen LogP contribution is 2.16. The van der Waals surface area contributed by atoms with Crippen molar-refractivity contribution in [1.82, 2.24) is 0 Å². The van der Waals surface area contributed by atoms with Crippen molar-refractivity contribution in [1.29, 1.82) is 0 Å². The summed E-state index contributed by atoms with van der Waals surface area (Å²) < 4.78 is 23.4. The van der Waals surface area contributed by atoms with E-state index in [-0.39, 0.29) is 12.2 Å². The predicted molar refractivity (Wildman–Crippen MR) is 57.6 cm³/mol. The number of nitrogens with one attached hydrogen (secondary N) is 1. The first kappa shape index (κ1) is 12.6. The highest BCUT2D eigenvalue weighted by atomic mass is 19.1. The summed E-state index contributed by atoms with van der Waals surface area (Å²) in [7, 11) is 2.97. The fourth-order valence-corrected chi connectivity index (χ4v) is 1.33. The lowest BCUT2D eigenvalue weighted by molar-refractivity contribution is -0.105. The zero-order valence-electron chi connectivity index (χ0n) is 9.20. The molecule has 0 aliphatic rings. The number of carbonyl (C=O) groups is 1. The molecule has 1 aromatic rings. The minimum Gasteiger partial charge on any atom is -0.356 e. The van der Waals surface area contributed by atoms with E-state index in [1.54, 1.807) is 6.07 Å². The van der Waals surface area contributed by atoms with Gasteiger partial charge in [-0.2, -0.15) is 0 Å². The van der Waals surface area contributed by atoms with E-state index in [0.29, 0.717) is 17.7 Å². The van der Waals surface area contributed by atoms with E-state index >= 15 is 0 Å². The average Bonchev–Trinajstić information content (AvgIpc) is 2.30. The Morgan fingerprint density at radius 3 is 2.69 bits per heavy atom. The van der Waals surface area contributed by atoms with Crippen molar-refractivity contribution < 1.29 is 18.7 Å². The molecule has 0 aliphatic carbocycles. The number of amides is 1. The topological polar surface area (TPSA) is 47.6 Å². The van der Waals surface area contributed by atoms with E-state index in [2.05, 4.69) is 5.32 Å². The highest BCUT2D eigenvalue weighted by Gasteiger charge is 2.11. The Bertz CT molecular complexity index is 353. The molecule has 0 aromatic heterocycles. The van der Waals surface area contributed by atoms with Gasteiger partial charge >= 0.3 is 0 Å². The van der Waals surface area contributed by atoms with Gasteiger partial charge in [0.1, 0.15) is 5.82 Å². The molecule has 0 unspecified atom stereocenters. The number of halogens is 1. The number of carbonyl (C=O) groups excluding carboxylic acids is 1. The summed E-state index contributed by atoms with van der Waals surface area (Å²) in [5.41, 5.74) is 0.970.